The van der Waals surface area contributed by atoms with Gasteiger partial charge in [0, 0.05) is 36.6 Å². The van der Waals surface area contributed by atoms with E-state index < -0.39 is 15.8 Å². The van der Waals surface area contributed by atoms with Gasteiger partial charge in [0.25, 0.3) is 17.3 Å². The van der Waals surface area contributed by atoms with Crippen molar-refractivity contribution < 1.29 is 14.6 Å². The van der Waals surface area contributed by atoms with Crippen molar-refractivity contribution in [1.82, 2.24) is 4.90 Å². The fraction of sp³-hybridized carbons (Fsp3) is 0.176. The smallest absolute Gasteiger partial charge is 0.270 e. The topological polar surface area (TPSA) is 119 Å². The molecule has 0 spiro atoms. The number of thioether (sulfide) groups is 1. The second-order valence-corrected chi connectivity index (χ2v) is 7.10. The maximum atomic E-state index is 12.8. The maximum Gasteiger partial charge on any atom is 0.270 e. The molecule has 0 bridgehead atoms. The number of hydrogen-bond donors (Lipinski definition) is 0. The highest BCUT2D eigenvalue weighted by atomic mass is 35.5. The molecule has 0 aliphatic carbocycles. The Morgan fingerprint density at radius 2 is 1.75 bits per heavy atom. The number of benzene rings is 2. The van der Waals surface area contributed by atoms with Crippen molar-refractivity contribution in [2.24, 2.45) is 4.99 Å². The number of halogens is 1. The Morgan fingerprint density at radius 1 is 1.11 bits per heavy atom. The van der Waals surface area contributed by atoms with Gasteiger partial charge in [-0.05, 0) is 11.6 Å². The summed E-state index contributed by atoms with van der Waals surface area (Å²) in [6.07, 6.45) is 0. The molecule has 11 heteroatoms. The molecule has 28 heavy (non-hydrogen) atoms. The van der Waals surface area contributed by atoms with E-state index in [2.05, 4.69) is 4.99 Å². The van der Waals surface area contributed by atoms with Crippen molar-refractivity contribution in [2.45, 2.75) is 5.75 Å². The highest BCUT2D eigenvalue weighted by Crippen LogP contribution is 2.27. The van der Waals surface area contributed by atoms with Crippen LogP contribution >= 0.6 is 23.4 Å². The molecule has 2 aromatic carbocycles. The number of amidine groups is 1. The lowest BCUT2D eigenvalue weighted by Crippen LogP contribution is -2.33. The summed E-state index contributed by atoms with van der Waals surface area (Å²) >= 11 is 7.37. The number of aliphatic imine (C=N–C) groups is 1. The van der Waals surface area contributed by atoms with Crippen LogP contribution < -0.4 is 0 Å². The third-order valence-corrected chi connectivity index (χ3v) is 5.37. The van der Waals surface area contributed by atoms with Crippen LogP contribution in [0, 0.1) is 20.2 Å². The van der Waals surface area contributed by atoms with Crippen LogP contribution in [0.1, 0.15) is 15.9 Å². The van der Waals surface area contributed by atoms with E-state index in [0.717, 1.165) is 11.6 Å². The van der Waals surface area contributed by atoms with Gasteiger partial charge in [-0.2, -0.15) is 0 Å². The zero-order valence-electron chi connectivity index (χ0n) is 14.3. The summed E-state index contributed by atoms with van der Waals surface area (Å²) in [5, 5.41) is 22.3. The van der Waals surface area contributed by atoms with E-state index in [1.165, 1.54) is 40.9 Å². The average Bonchev–Trinajstić information content (AvgIpc) is 3.15. The Balaban J connectivity index is 1.72. The van der Waals surface area contributed by atoms with Gasteiger partial charge in [-0.3, -0.25) is 34.9 Å². The van der Waals surface area contributed by atoms with Crippen LogP contribution in [0.5, 0.6) is 0 Å². The van der Waals surface area contributed by atoms with Crippen molar-refractivity contribution >= 4 is 45.8 Å². The van der Waals surface area contributed by atoms with Gasteiger partial charge in [-0.15, -0.1) is 0 Å². The van der Waals surface area contributed by atoms with Gasteiger partial charge in [0.05, 0.1) is 27.0 Å². The number of non-ortho nitro benzene ring substituents is 2. The van der Waals surface area contributed by atoms with Crippen molar-refractivity contribution in [3.05, 3.63) is 78.8 Å². The van der Waals surface area contributed by atoms with Crippen molar-refractivity contribution in [3.8, 4) is 0 Å². The lowest BCUT2D eigenvalue weighted by molar-refractivity contribution is -0.385. The fourth-order valence-corrected chi connectivity index (χ4v) is 3.74. The van der Waals surface area contributed by atoms with Crippen LogP contribution in [0.4, 0.5) is 11.4 Å². The second-order valence-electron chi connectivity index (χ2n) is 5.75. The van der Waals surface area contributed by atoms with Crippen LogP contribution in [-0.2, 0) is 5.75 Å². The van der Waals surface area contributed by atoms with Crippen LogP contribution in [0.15, 0.2) is 47.5 Å². The molecule has 0 atom stereocenters. The SMILES string of the molecule is O=C(c1cc([N+](=O)[O-])ccc1Cl)N1CCN=C1SCc1ccc([N+](=O)[O-])cc1. The van der Waals surface area contributed by atoms with E-state index in [1.807, 2.05) is 0 Å². The summed E-state index contributed by atoms with van der Waals surface area (Å²) in [6.45, 7) is 0.765. The number of rotatable bonds is 5. The van der Waals surface area contributed by atoms with Gasteiger partial charge in [0.2, 0.25) is 0 Å². The van der Waals surface area contributed by atoms with E-state index in [-0.39, 0.29) is 22.0 Å². The van der Waals surface area contributed by atoms with Gasteiger partial charge >= 0.3 is 0 Å². The summed E-state index contributed by atoms with van der Waals surface area (Å²) < 4.78 is 0. The quantitative estimate of drug-likeness (QED) is 0.534. The number of carbonyl (C=O) groups excluding carboxylic acids is 1. The third-order valence-electron chi connectivity index (χ3n) is 3.95. The average molecular weight is 421 g/mol. The van der Waals surface area contributed by atoms with Crippen LogP contribution in [-0.4, -0.2) is 38.9 Å². The van der Waals surface area contributed by atoms with Crippen molar-refractivity contribution in [3.63, 3.8) is 0 Å². The Bertz CT molecular complexity index is 980. The van der Waals surface area contributed by atoms with Gasteiger partial charge in [0.15, 0.2) is 5.17 Å². The van der Waals surface area contributed by atoms with Gasteiger partial charge in [0.1, 0.15) is 0 Å². The maximum absolute atomic E-state index is 12.8. The molecule has 1 heterocycles. The Labute approximate surface area is 168 Å². The number of nitro benzene ring substituents is 2. The molecular weight excluding hydrogens is 408 g/mol. The number of hydrogen-bond acceptors (Lipinski definition) is 7. The number of nitrogens with zero attached hydrogens (tertiary/aromatic N) is 4. The molecule has 2 aromatic rings. The minimum Gasteiger partial charge on any atom is -0.286 e. The molecule has 0 radical (unpaired) electrons. The van der Waals surface area contributed by atoms with Crippen LogP contribution in [0.3, 0.4) is 0 Å². The zero-order valence-corrected chi connectivity index (χ0v) is 15.9. The molecule has 144 valence electrons. The highest BCUT2D eigenvalue weighted by molar-refractivity contribution is 8.13. The molecule has 3 rings (SSSR count). The number of carbonyl (C=O) groups is 1. The van der Waals surface area contributed by atoms with E-state index in [0.29, 0.717) is 24.0 Å². The standard InChI is InChI=1S/C17H13ClN4O5S/c18-15-6-5-13(22(26)27)9-14(15)16(23)20-8-7-19-17(20)28-10-11-1-3-12(4-2-11)21(24)25/h1-6,9H,7-8,10H2. The first-order valence-electron chi connectivity index (χ1n) is 8.03. The molecule has 0 fully saturated rings. The predicted octanol–water partition coefficient (Wildman–Crippen LogP) is 3.90. The summed E-state index contributed by atoms with van der Waals surface area (Å²) in [7, 11) is 0. The fourth-order valence-electron chi connectivity index (χ4n) is 2.54. The molecule has 0 aromatic heterocycles. The molecular formula is C17H13ClN4O5S. The van der Waals surface area contributed by atoms with Gasteiger partial charge < -0.3 is 0 Å². The normalized spacial score (nSPS) is 13.3. The van der Waals surface area contributed by atoms with Crippen molar-refractivity contribution in [1.29, 1.82) is 0 Å². The summed E-state index contributed by atoms with van der Waals surface area (Å²) in [6, 6.07) is 9.83. The molecule has 9 nitrogen and oxygen atoms in total. The first kappa shape index (κ1) is 19.8. The molecule has 1 aliphatic rings. The number of amides is 1. The van der Waals surface area contributed by atoms with E-state index in [1.54, 1.807) is 12.1 Å². The second kappa shape index (κ2) is 8.36. The molecule has 0 N–H and O–H groups in total. The first-order chi connectivity index (χ1) is 13.4. The largest absolute Gasteiger partial charge is 0.286 e. The summed E-state index contributed by atoms with van der Waals surface area (Å²) in [5.74, 6) is 0.00432. The monoisotopic (exact) mass is 420 g/mol. The summed E-state index contributed by atoms with van der Waals surface area (Å²) in [5.41, 5.74) is 0.667. The summed E-state index contributed by atoms with van der Waals surface area (Å²) in [4.78, 5) is 39.2. The Hall–Kier alpha value is -2.98. The Kier molecular flexibility index (Phi) is 5.90. The zero-order chi connectivity index (χ0) is 20.3. The van der Waals surface area contributed by atoms with Crippen molar-refractivity contribution in [2.75, 3.05) is 13.1 Å². The van der Waals surface area contributed by atoms with E-state index >= 15 is 0 Å². The molecule has 1 amide bonds. The minimum absolute atomic E-state index is 0.00377. The van der Waals surface area contributed by atoms with Gasteiger partial charge in [-0.25, -0.2) is 0 Å². The molecule has 0 saturated carbocycles. The lowest BCUT2D eigenvalue weighted by atomic mass is 10.2. The van der Waals surface area contributed by atoms with Crippen LogP contribution in [0.2, 0.25) is 5.02 Å². The number of nitro groups is 2. The first-order valence-corrected chi connectivity index (χ1v) is 9.39. The van der Waals surface area contributed by atoms with Gasteiger partial charge in [-0.1, -0.05) is 35.5 Å². The lowest BCUT2D eigenvalue weighted by Gasteiger charge is -2.18. The highest BCUT2D eigenvalue weighted by Gasteiger charge is 2.28. The molecule has 0 unspecified atom stereocenters. The third kappa shape index (κ3) is 4.29. The molecule has 1 aliphatic heterocycles. The molecule has 0 saturated heterocycles. The van der Waals surface area contributed by atoms with Crippen LogP contribution in [0.25, 0.3) is 0 Å². The van der Waals surface area contributed by atoms with E-state index in [4.69, 9.17) is 11.6 Å². The van der Waals surface area contributed by atoms with E-state index in [9.17, 15) is 25.0 Å². The predicted molar refractivity (Wildman–Crippen MR) is 106 cm³/mol. The Morgan fingerprint density at radius 3 is 2.39 bits per heavy atom. The minimum atomic E-state index is -0.588.